The van der Waals surface area contributed by atoms with E-state index in [-0.39, 0.29) is 124 Å². The van der Waals surface area contributed by atoms with Gasteiger partial charge in [-0.1, -0.05) is 46.9 Å². The minimum Gasteiger partial charge on any atom is -1.00 e. The van der Waals surface area contributed by atoms with Crippen LogP contribution in [0, 0.1) is 11.6 Å². The van der Waals surface area contributed by atoms with E-state index in [9.17, 15) is 37.9 Å². The smallest absolute Gasteiger partial charge is 1.00 e. The average molecular weight is 759 g/mol. The van der Waals surface area contributed by atoms with E-state index in [2.05, 4.69) is 9.47 Å². The Bertz CT molecular complexity index is 1040. The van der Waals surface area contributed by atoms with Gasteiger partial charge in [0, 0.05) is 7.79 Å². The van der Waals surface area contributed by atoms with Gasteiger partial charge in [0.25, 0.3) is 0 Å². The predicted octanol–water partition coefficient (Wildman–Crippen LogP) is -7.07. The van der Waals surface area contributed by atoms with Gasteiger partial charge < -0.3 is 49.3 Å². The molecule has 0 amide bonds. The molecule has 0 fully saturated rings. The SMILES string of the molecule is COC(=O)CC(=O)Cc1cccc(F)c1.COC(=O)CC(=O)[O-].O=C(O)Cc1cccc(F)c1.[2H]CI.[Cl-].[Cl-].[K+].[Mg+2]. The topological polar surface area (TPSA) is 147 Å². The Balaban J connectivity index is -0.000000106. The summed E-state index contributed by atoms with van der Waals surface area (Å²) in [5.41, 5.74) is 1.04. The number of rotatable bonds is 8. The summed E-state index contributed by atoms with van der Waals surface area (Å²) in [5.74, 6) is -4.80. The first-order valence-corrected chi connectivity index (χ1v) is 11.3. The van der Waals surface area contributed by atoms with Gasteiger partial charge >= 0.3 is 92.3 Å². The van der Waals surface area contributed by atoms with Gasteiger partial charge in [-0.15, -0.1) is 0 Å². The number of Topliss-reactive ketones (excluding diaryl/α,β-unsaturated/α-hetero) is 1. The predicted molar refractivity (Wildman–Crippen MR) is 137 cm³/mol. The van der Waals surface area contributed by atoms with Crippen molar-refractivity contribution in [2.24, 2.45) is 0 Å². The zero-order valence-electron chi connectivity index (χ0n) is 23.0. The van der Waals surface area contributed by atoms with E-state index in [4.69, 9.17) is 6.48 Å². The van der Waals surface area contributed by atoms with Gasteiger partial charge in [0.2, 0.25) is 0 Å². The van der Waals surface area contributed by atoms with E-state index in [0.29, 0.717) is 16.0 Å². The van der Waals surface area contributed by atoms with Crippen molar-refractivity contribution in [3.05, 3.63) is 71.3 Å². The molecule has 0 spiro atoms. The second-order valence-electron chi connectivity index (χ2n) is 6.42. The summed E-state index contributed by atoms with van der Waals surface area (Å²) in [6.45, 7) is 0. The number of carbonyl (C=O) groups is 5. The molecule has 2 aromatic rings. The largest absolute Gasteiger partial charge is 2.00 e. The van der Waals surface area contributed by atoms with E-state index < -0.39 is 41.9 Å². The molecular formula is C24H26Cl2F2IKMgO9. The maximum absolute atomic E-state index is 12.7. The van der Waals surface area contributed by atoms with Crippen molar-refractivity contribution in [1.82, 2.24) is 0 Å². The number of benzene rings is 2. The second-order valence-corrected chi connectivity index (χ2v) is 6.42. The Hall–Kier alpha value is -0.437. The number of carbonyl (C=O) groups excluding carboxylic acids is 4. The van der Waals surface area contributed by atoms with Gasteiger partial charge in [0.1, 0.15) is 23.8 Å². The number of esters is 2. The molecule has 0 aromatic heterocycles. The van der Waals surface area contributed by atoms with Gasteiger partial charge in [-0.3, -0.25) is 19.2 Å². The van der Waals surface area contributed by atoms with E-state index >= 15 is 0 Å². The van der Waals surface area contributed by atoms with Crippen LogP contribution < -0.4 is 81.3 Å². The number of ketones is 1. The molecule has 0 unspecified atom stereocenters. The Labute approximate surface area is 317 Å². The standard InChI is InChI=1S/C11H11FO3.C8H7FO2.C4H6O4.CH3I.2ClH.K.Mg/c1-15-11(14)7-10(13)6-8-3-2-4-9(12)5-8;9-7-3-1-2-6(4-7)5-8(10)11;1-8-4(7)2-3(5)6;1-2;;;;/h2-5H,6-7H2,1H3;1-4H,5H2,(H,10,11);2H2,1H3,(H,5,6);1H3;2*1H;;/q;;;;;;+1;+2/p-3/i;;;1D;;;;. The molecule has 0 saturated heterocycles. The van der Waals surface area contributed by atoms with Crippen LogP contribution in [0.4, 0.5) is 8.78 Å². The first-order chi connectivity index (χ1) is 17.4. The Morgan fingerprint density at radius 3 is 1.55 bits per heavy atom. The first kappa shape index (κ1) is 49.2. The van der Waals surface area contributed by atoms with Gasteiger partial charge in [0.15, 0.2) is 0 Å². The molecule has 0 aliphatic heterocycles. The summed E-state index contributed by atoms with van der Waals surface area (Å²) in [7, 11) is 2.34. The molecule has 0 radical (unpaired) electrons. The van der Waals surface area contributed by atoms with Crippen LogP contribution >= 0.6 is 22.6 Å². The van der Waals surface area contributed by atoms with Gasteiger partial charge in [-0.25, -0.2) is 8.78 Å². The first-order valence-electron chi connectivity index (χ1n) is 10.5. The summed E-state index contributed by atoms with van der Waals surface area (Å²) in [6.07, 6.45) is -1.02. The molecule has 40 heavy (non-hydrogen) atoms. The summed E-state index contributed by atoms with van der Waals surface area (Å²) in [6, 6.07) is 11.3. The number of halogens is 5. The van der Waals surface area contributed by atoms with Gasteiger partial charge in [-0.2, -0.15) is 0 Å². The fourth-order valence-corrected chi connectivity index (χ4v) is 2.18. The number of hydrogen-bond donors (Lipinski definition) is 1. The molecule has 0 atom stereocenters. The van der Waals surface area contributed by atoms with Crippen LogP contribution in [0.2, 0.25) is 0 Å². The van der Waals surface area contributed by atoms with Gasteiger partial charge in [0.05, 0.1) is 33.0 Å². The summed E-state index contributed by atoms with van der Waals surface area (Å²) in [5, 5.41) is 17.9. The van der Waals surface area contributed by atoms with Crippen LogP contribution in [-0.4, -0.2) is 76.9 Å². The molecule has 0 saturated carbocycles. The van der Waals surface area contributed by atoms with Crippen LogP contribution in [-0.2, 0) is 46.3 Å². The summed E-state index contributed by atoms with van der Waals surface area (Å²) in [4.78, 5) is 52.2. The molecule has 0 heterocycles. The number of methoxy groups -OCH3 is 2. The number of aliphatic carboxylic acids is 2. The van der Waals surface area contributed by atoms with E-state index in [1.54, 1.807) is 12.1 Å². The maximum atomic E-state index is 12.7. The molecule has 0 aliphatic rings. The molecular weight excluding hydrogens is 731 g/mol. The van der Waals surface area contributed by atoms with Crippen molar-refractivity contribution < 1.29 is 130 Å². The molecule has 2 rings (SSSR count). The Kier molecular flexibility index (Phi) is 40.7. The average Bonchev–Trinajstić information content (AvgIpc) is 2.79. The fourth-order valence-electron chi connectivity index (χ4n) is 2.18. The number of ether oxygens (including phenoxy) is 2. The second kappa shape index (κ2) is 33.1. The number of alkyl halides is 1. The van der Waals surface area contributed by atoms with Crippen molar-refractivity contribution in [2.45, 2.75) is 25.7 Å². The van der Waals surface area contributed by atoms with Crippen molar-refractivity contribution in [3.63, 3.8) is 0 Å². The van der Waals surface area contributed by atoms with E-state index in [1.807, 2.05) is 22.6 Å². The molecule has 9 nitrogen and oxygen atoms in total. The van der Waals surface area contributed by atoms with Crippen molar-refractivity contribution in [1.29, 1.82) is 0 Å². The summed E-state index contributed by atoms with van der Waals surface area (Å²) < 4.78 is 39.7. The van der Waals surface area contributed by atoms with Crippen LogP contribution in [0.15, 0.2) is 48.5 Å². The maximum Gasteiger partial charge on any atom is 2.00 e. The quantitative estimate of drug-likeness (QED) is 0.0913. The van der Waals surface area contributed by atoms with Crippen molar-refractivity contribution in [2.75, 3.05) is 19.1 Å². The number of carboxylic acid groups (broad SMARTS) is 2. The molecule has 16 heteroatoms. The molecule has 0 bridgehead atoms. The van der Waals surface area contributed by atoms with E-state index in [0.717, 1.165) is 7.11 Å². The monoisotopic (exact) mass is 757 g/mol. The third-order valence-corrected chi connectivity index (χ3v) is 3.62. The molecule has 0 aliphatic carbocycles. The zero-order valence-corrected chi connectivity index (χ0v) is 30.2. The Morgan fingerprint density at radius 1 is 0.875 bits per heavy atom. The van der Waals surface area contributed by atoms with Crippen molar-refractivity contribution in [3.8, 4) is 0 Å². The summed E-state index contributed by atoms with van der Waals surface area (Å²) >= 11 is 1.96. The Morgan fingerprint density at radius 2 is 1.25 bits per heavy atom. The molecule has 214 valence electrons. The van der Waals surface area contributed by atoms with Gasteiger partial charge in [-0.05, 0) is 40.3 Å². The molecule has 2 aromatic carbocycles. The normalized spacial score (nSPS) is 8.38. The zero-order chi connectivity index (χ0) is 28.8. The van der Waals surface area contributed by atoms with Crippen LogP contribution in [0.1, 0.15) is 25.3 Å². The van der Waals surface area contributed by atoms with Crippen molar-refractivity contribution >= 4 is 75.3 Å². The third-order valence-electron chi connectivity index (χ3n) is 3.62. The van der Waals surface area contributed by atoms with Crippen LogP contribution in [0.25, 0.3) is 0 Å². The third kappa shape index (κ3) is 32.1. The number of carboxylic acids is 2. The van der Waals surface area contributed by atoms with E-state index in [1.165, 1.54) is 43.5 Å². The minimum atomic E-state index is -1.42. The van der Waals surface area contributed by atoms with Crippen LogP contribution in [0.5, 0.6) is 0 Å². The number of hydrogen-bond acceptors (Lipinski definition) is 8. The minimum absolute atomic E-state index is 0. The molecule has 1 N–H and O–H groups in total. The fraction of sp³-hybridized carbons (Fsp3) is 0.292. The van der Waals surface area contributed by atoms with Crippen LogP contribution in [0.3, 0.4) is 0 Å².